The van der Waals surface area contributed by atoms with E-state index in [2.05, 4.69) is 20.2 Å². The average molecular weight is 350 g/mol. The predicted octanol–water partition coefficient (Wildman–Crippen LogP) is 2.03. The van der Waals surface area contributed by atoms with Gasteiger partial charge in [0.2, 0.25) is 5.91 Å². The molecule has 0 saturated carbocycles. The Morgan fingerprint density at radius 2 is 2.04 bits per heavy atom. The average Bonchev–Trinajstić information content (AvgIpc) is 2.59. The van der Waals surface area contributed by atoms with Crippen molar-refractivity contribution in [2.45, 2.75) is 0 Å². The molecule has 0 unspecified atom stereocenters. The second-order valence-electron chi connectivity index (χ2n) is 5.50. The number of carbonyl (C=O) groups is 1. The standard InChI is InChI=1S/C16H17ClFN5O/c17-12-1-2-14(13(18)9-12)21-16(24)11-22-5-7-23(8-6-22)15-10-19-3-4-20-15/h1-4,9-10H,5-8,11H2,(H,21,24). The van der Waals surface area contributed by atoms with Gasteiger partial charge in [-0.25, -0.2) is 9.37 Å². The van der Waals surface area contributed by atoms with E-state index in [1.807, 2.05) is 4.90 Å². The number of rotatable bonds is 4. The molecule has 8 heteroatoms. The SMILES string of the molecule is O=C(CN1CCN(c2cnccn2)CC1)Nc1ccc(Cl)cc1F. The molecule has 24 heavy (non-hydrogen) atoms. The molecule has 126 valence electrons. The van der Waals surface area contributed by atoms with Crippen molar-refractivity contribution >= 4 is 29.0 Å². The van der Waals surface area contributed by atoms with Gasteiger partial charge in [0.05, 0.1) is 18.4 Å². The highest BCUT2D eigenvalue weighted by Crippen LogP contribution is 2.19. The third-order valence-electron chi connectivity index (χ3n) is 3.82. The fraction of sp³-hybridized carbons (Fsp3) is 0.312. The molecule has 0 radical (unpaired) electrons. The smallest absolute Gasteiger partial charge is 0.238 e. The lowest BCUT2D eigenvalue weighted by molar-refractivity contribution is -0.117. The maximum absolute atomic E-state index is 13.7. The van der Waals surface area contributed by atoms with Gasteiger partial charge in [0.25, 0.3) is 0 Å². The van der Waals surface area contributed by atoms with Gasteiger partial charge < -0.3 is 10.2 Å². The number of nitrogens with one attached hydrogen (secondary N) is 1. The van der Waals surface area contributed by atoms with E-state index >= 15 is 0 Å². The van der Waals surface area contributed by atoms with Gasteiger partial charge in [-0.15, -0.1) is 0 Å². The van der Waals surface area contributed by atoms with Crippen molar-refractivity contribution in [3.05, 3.63) is 47.6 Å². The van der Waals surface area contributed by atoms with Crippen LogP contribution in [0.4, 0.5) is 15.9 Å². The van der Waals surface area contributed by atoms with Gasteiger partial charge in [0.1, 0.15) is 11.6 Å². The summed E-state index contributed by atoms with van der Waals surface area (Å²) in [4.78, 5) is 24.6. The van der Waals surface area contributed by atoms with Crippen molar-refractivity contribution < 1.29 is 9.18 Å². The third-order valence-corrected chi connectivity index (χ3v) is 4.05. The summed E-state index contributed by atoms with van der Waals surface area (Å²) in [5, 5.41) is 2.87. The highest BCUT2D eigenvalue weighted by molar-refractivity contribution is 6.30. The molecule has 1 saturated heterocycles. The van der Waals surface area contributed by atoms with Gasteiger partial charge in [0.15, 0.2) is 0 Å². The minimum Gasteiger partial charge on any atom is -0.353 e. The summed E-state index contributed by atoms with van der Waals surface area (Å²) in [5.41, 5.74) is 0.141. The molecule has 1 aliphatic rings. The first-order valence-corrected chi connectivity index (χ1v) is 7.98. The first-order chi connectivity index (χ1) is 11.6. The summed E-state index contributed by atoms with van der Waals surface area (Å²) in [6.07, 6.45) is 5.03. The van der Waals surface area contributed by atoms with E-state index in [9.17, 15) is 9.18 Å². The van der Waals surface area contributed by atoms with Crippen LogP contribution in [-0.4, -0.2) is 53.5 Å². The molecule has 6 nitrogen and oxygen atoms in total. The van der Waals surface area contributed by atoms with Crippen LogP contribution in [0.1, 0.15) is 0 Å². The minimum atomic E-state index is -0.539. The molecule has 0 bridgehead atoms. The molecule has 1 fully saturated rings. The molecule has 0 atom stereocenters. The van der Waals surface area contributed by atoms with Crippen LogP contribution >= 0.6 is 11.6 Å². The molecule has 1 amide bonds. The maximum Gasteiger partial charge on any atom is 0.238 e. The van der Waals surface area contributed by atoms with Crippen molar-refractivity contribution in [1.82, 2.24) is 14.9 Å². The summed E-state index contributed by atoms with van der Waals surface area (Å²) in [6.45, 7) is 3.21. The Morgan fingerprint density at radius 3 is 2.71 bits per heavy atom. The number of anilines is 2. The Hall–Kier alpha value is -2.25. The van der Waals surface area contributed by atoms with Crippen LogP contribution in [0.5, 0.6) is 0 Å². The van der Waals surface area contributed by atoms with E-state index < -0.39 is 5.82 Å². The van der Waals surface area contributed by atoms with E-state index in [0.29, 0.717) is 5.02 Å². The number of aromatic nitrogens is 2. The Balaban J connectivity index is 1.50. The lowest BCUT2D eigenvalue weighted by Crippen LogP contribution is -2.49. The Bertz CT molecular complexity index is 707. The Kier molecular flexibility index (Phi) is 5.22. The highest BCUT2D eigenvalue weighted by Gasteiger charge is 2.20. The number of piperazine rings is 1. The van der Waals surface area contributed by atoms with Crippen molar-refractivity contribution in [3.8, 4) is 0 Å². The van der Waals surface area contributed by atoms with Gasteiger partial charge in [-0.05, 0) is 18.2 Å². The number of halogens is 2. The zero-order valence-corrected chi connectivity index (χ0v) is 13.7. The number of amides is 1. The minimum absolute atomic E-state index is 0.141. The quantitative estimate of drug-likeness (QED) is 0.915. The van der Waals surface area contributed by atoms with Crippen LogP contribution in [0.3, 0.4) is 0 Å². The maximum atomic E-state index is 13.7. The van der Waals surface area contributed by atoms with Gasteiger partial charge in [-0.2, -0.15) is 0 Å². The number of carbonyl (C=O) groups excluding carboxylic acids is 1. The topological polar surface area (TPSA) is 61.4 Å². The lowest BCUT2D eigenvalue weighted by Gasteiger charge is -2.34. The van der Waals surface area contributed by atoms with Crippen molar-refractivity contribution in [3.63, 3.8) is 0 Å². The normalized spacial score (nSPS) is 15.3. The molecule has 1 aromatic heterocycles. The molecule has 1 aromatic carbocycles. The largest absolute Gasteiger partial charge is 0.353 e. The molecule has 2 aromatic rings. The van der Waals surface area contributed by atoms with Crippen LogP contribution in [-0.2, 0) is 4.79 Å². The summed E-state index contributed by atoms with van der Waals surface area (Å²) >= 11 is 5.70. The molecule has 1 N–H and O–H groups in total. The fourth-order valence-electron chi connectivity index (χ4n) is 2.57. The van der Waals surface area contributed by atoms with Crippen LogP contribution < -0.4 is 10.2 Å². The molecular formula is C16H17ClFN5O. The predicted molar refractivity (Wildman–Crippen MR) is 90.7 cm³/mol. The molecule has 1 aliphatic heterocycles. The molecule has 2 heterocycles. The fourth-order valence-corrected chi connectivity index (χ4v) is 2.73. The lowest BCUT2D eigenvalue weighted by atomic mass is 10.3. The van der Waals surface area contributed by atoms with E-state index in [0.717, 1.165) is 32.0 Å². The summed E-state index contributed by atoms with van der Waals surface area (Å²) in [6, 6.07) is 4.18. The first kappa shape index (κ1) is 16.6. The molecular weight excluding hydrogens is 333 g/mol. The van der Waals surface area contributed by atoms with E-state index in [4.69, 9.17) is 11.6 Å². The van der Waals surface area contributed by atoms with Crippen molar-refractivity contribution in [1.29, 1.82) is 0 Å². The molecule has 0 spiro atoms. The zero-order valence-electron chi connectivity index (χ0n) is 13.0. The third kappa shape index (κ3) is 4.18. The monoisotopic (exact) mass is 349 g/mol. The summed E-state index contributed by atoms with van der Waals surface area (Å²) < 4.78 is 13.7. The van der Waals surface area contributed by atoms with E-state index in [1.165, 1.54) is 12.1 Å². The molecule has 3 rings (SSSR count). The number of nitrogens with zero attached hydrogens (tertiary/aromatic N) is 4. The highest BCUT2D eigenvalue weighted by atomic mass is 35.5. The van der Waals surface area contributed by atoms with Crippen LogP contribution in [0.25, 0.3) is 0 Å². The van der Waals surface area contributed by atoms with E-state index in [1.54, 1.807) is 24.7 Å². The Morgan fingerprint density at radius 1 is 1.25 bits per heavy atom. The number of hydrogen-bond acceptors (Lipinski definition) is 5. The van der Waals surface area contributed by atoms with Gasteiger partial charge in [-0.1, -0.05) is 11.6 Å². The first-order valence-electron chi connectivity index (χ1n) is 7.60. The van der Waals surface area contributed by atoms with Gasteiger partial charge in [-0.3, -0.25) is 14.7 Å². The second kappa shape index (κ2) is 7.55. The summed E-state index contributed by atoms with van der Waals surface area (Å²) in [5.74, 6) is 0.0531. The van der Waals surface area contributed by atoms with Crippen LogP contribution in [0.2, 0.25) is 5.02 Å². The Labute approximate surface area is 144 Å². The van der Waals surface area contributed by atoms with Crippen molar-refractivity contribution in [2.24, 2.45) is 0 Å². The number of hydrogen-bond donors (Lipinski definition) is 1. The number of benzene rings is 1. The molecule has 0 aliphatic carbocycles. The van der Waals surface area contributed by atoms with Crippen LogP contribution in [0, 0.1) is 5.82 Å². The van der Waals surface area contributed by atoms with Gasteiger partial charge in [0, 0.05) is 43.6 Å². The summed E-state index contributed by atoms with van der Waals surface area (Å²) in [7, 11) is 0. The zero-order chi connectivity index (χ0) is 16.9. The van der Waals surface area contributed by atoms with Crippen molar-refractivity contribution in [2.75, 3.05) is 42.9 Å². The van der Waals surface area contributed by atoms with E-state index in [-0.39, 0.29) is 18.1 Å². The van der Waals surface area contributed by atoms with Gasteiger partial charge >= 0.3 is 0 Å². The second-order valence-corrected chi connectivity index (χ2v) is 5.94. The van der Waals surface area contributed by atoms with Crippen LogP contribution in [0.15, 0.2) is 36.8 Å².